The van der Waals surface area contributed by atoms with Crippen molar-refractivity contribution < 1.29 is 5.21 Å². The third-order valence-electron chi connectivity index (χ3n) is 2.45. The van der Waals surface area contributed by atoms with Crippen LogP contribution in [0, 0.1) is 6.92 Å². The van der Waals surface area contributed by atoms with E-state index in [0.29, 0.717) is 12.3 Å². The van der Waals surface area contributed by atoms with Crippen molar-refractivity contribution in [1.29, 1.82) is 0 Å². The van der Waals surface area contributed by atoms with Gasteiger partial charge in [-0.15, -0.1) is 11.3 Å². The van der Waals surface area contributed by atoms with Crippen molar-refractivity contribution in [2.45, 2.75) is 39.2 Å². The fourth-order valence-corrected chi connectivity index (χ4v) is 2.29. The average Bonchev–Trinajstić information content (AvgIpc) is 2.75. The molecule has 0 bridgehead atoms. The lowest BCUT2D eigenvalue weighted by atomic mass is 10.2. The highest BCUT2D eigenvalue weighted by atomic mass is 32.1. The molecule has 1 aromatic rings. The second kappa shape index (κ2) is 7.24. The van der Waals surface area contributed by atoms with Gasteiger partial charge in [-0.25, -0.2) is 4.98 Å². The minimum absolute atomic E-state index is 0.289. The molecule has 1 heterocycles. The molecule has 96 valence electrons. The molecule has 0 aliphatic heterocycles. The smallest absolute Gasteiger partial charge is 0.139 e. The molecule has 17 heavy (non-hydrogen) atoms. The number of nitrogens with one attached hydrogen (secondary N) is 1. The van der Waals surface area contributed by atoms with Crippen molar-refractivity contribution in [3.05, 3.63) is 16.1 Å². The summed E-state index contributed by atoms with van der Waals surface area (Å²) in [5.74, 6) is 0.300. The summed E-state index contributed by atoms with van der Waals surface area (Å²) < 4.78 is 0. The highest BCUT2D eigenvalue weighted by molar-refractivity contribution is 7.09. The van der Waals surface area contributed by atoms with Crippen LogP contribution in [0.25, 0.3) is 0 Å². The first-order chi connectivity index (χ1) is 8.13. The molecule has 0 spiro atoms. The number of hydrogen-bond acceptors (Lipinski definition) is 5. The van der Waals surface area contributed by atoms with Crippen molar-refractivity contribution >= 4 is 17.2 Å². The van der Waals surface area contributed by atoms with E-state index in [0.717, 1.165) is 30.1 Å². The number of thiazole rings is 1. The Morgan fingerprint density at radius 2 is 2.41 bits per heavy atom. The molecule has 5 nitrogen and oxygen atoms in total. The molecular weight excluding hydrogens is 236 g/mol. The van der Waals surface area contributed by atoms with E-state index in [-0.39, 0.29) is 6.04 Å². The van der Waals surface area contributed by atoms with Crippen LogP contribution in [0.3, 0.4) is 0 Å². The van der Waals surface area contributed by atoms with Crippen LogP contribution >= 0.6 is 11.3 Å². The van der Waals surface area contributed by atoms with Gasteiger partial charge in [0.05, 0.1) is 6.04 Å². The molecule has 0 aliphatic carbocycles. The molecule has 0 saturated heterocycles. The average molecular weight is 256 g/mol. The maximum atomic E-state index is 8.37. The fraction of sp³-hybridized carbons (Fsp3) is 0.636. The van der Waals surface area contributed by atoms with Gasteiger partial charge in [-0.05, 0) is 33.2 Å². The first kappa shape index (κ1) is 13.9. The highest BCUT2D eigenvalue weighted by Crippen LogP contribution is 2.17. The Labute approximate surface area is 106 Å². The number of nitrogens with zero attached hydrogens (tertiary/aromatic N) is 2. The number of rotatable bonds is 7. The van der Waals surface area contributed by atoms with Crippen LogP contribution in [0.2, 0.25) is 0 Å². The van der Waals surface area contributed by atoms with E-state index >= 15 is 0 Å². The number of nitrogens with two attached hydrogens (primary N) is 1. The summed E-state index contributed by atoms with van der Waals surface area (Å²) in [6.07, 6.45) is 2.57. The molecule has 1 rings (SSSR count). The normalized spacial score (nSPS) is 13.9. The predicted octanol–water partition coefficient (Wildman–Crippen LogP) is 2.02. The summed E-state index contributed by atoms with van der Waals surface area (Å²) in [5, 5.41) is 17.9. The maximum absolute atomic E-state index is 8.37. The molecule has 1 unspecified atom stereocenters. The molecule has 0 fully saturated rings. The van der Waals surface area contributed by atoms with E-state index in [2.05, 4.69) is 27.8 Å². The van der Waals surface area contributed by atoms with Crippen LogP contribution in [-0.2, 0) is 0 Å². The quantitative estimate of drug-likeness (QED) is 0.229. The predicted molar refractivity (Wildman–Crippen MR) is 70.5 cm³/mol. The Morgan fingerprint density at radius 3 is 3.00 bits per heavy atom. The topological polar surface area (TPSA) is 83.5 Å². The van der Waals surface area contributed by atoms with Crippen molar-refractivity contribution in [1.82, 2.24) is 10.3 Å². The Balaban J connectivity index is 2.14. The zero-order valence-corrected chi connectivity index (χ0v) is 11.1. The maximum Gasteiger partial charge on any atom is 0.139 e. The first-order valence-corrected chi connectivity index (χ1v) is 6.63. The molecule has 0 radical (unpaired) electrons. The van der Waals surface area contributed by atoms with Gasteiger partial charge < -0.3 is 16.3 Å². The zero-order valence-electron chi connectivity index (χ0n) is 10.3. The van der Waals surface area contributed by atoms with Gasteiger partial charge in [-0.3, -0.25) is 0 Å². The second-order valence-corrected chi connectivity index (χ2v) is 4.94. The molecule has 0 aromatic carbocycles. The third-order valence-corrected chi connectivity index (χ3v) is 3.59. The van der Waals surface area contributed by atoms with E-state index in [1.807, 2.05) is 6.92 Å². The minimum Gasteiger partial charge on any atom is -0.409 e. The standard InChI is InChI=1S/C11H20N4OS/c1-8-7-17-11(14-8)9(2)13-6-4-3-5-10(12)15-16/h7,9,13,16H,3-6H2,1-2H3,(H2,12,15). The molecule has 0 aliphatic rings. The van der Waals surface area contributed by atoms with Crippen LogP contribution in [0.1, 0.15) is 42.9 Å². The summed E-state index contributed by atoms with van der Waals surface area (Å²) in [6.45, 7) is 5.03. The Hall–Kier alpha value is -1.14. The number of oxime groups is 1. The SMILES string of the molecule is Cc1csc(C(C)NCCCCC(N)=NO)n1. The minimum atomic E-state index is 0.289. The summed E-state index contributed by atoms with van der Waals surface area (Å²) >= 11 is 1.68. The van der Waals surface area contributed by atoms with Crippen LogP contribution in [0.5, 0.6) is 0 Å². The van der Waals surface area contributed by atoms with Gasteiger partial charge in [0.25, 0.3) is 0 Å². The first-order valence-electron chi connectivity index (χ1n) is 5.75. The second-order valence-electron chi connectivity index (χ2n) is 4.05. The summed E-state index contributed by atoms with van der Waals surface area (Å²) in [7, 11) is 0. The van der Waals surface area contributed by atoms with Gasteiger partial charge in [-0.2, -0.15) is 0 Å². The molecule has 4 N–H and O–H groups in total. The van der Waals surface area contributed by atoms with Gasteiger partial charge in [0.1, 0.15) is 10.8 Å². The molecular formula is C11H20N4OS. The Bertz CT molecular complexity index is 364. The fourth-order valence-electron chi connectivity index (χ4n) is 1.46. The summed E-state index contributed by atoms with van der Waals surface area (Å²) in [6, 6.07) is 0.289. The Kier molecular flexibility index (Phi) is 5.93. The van der Waals surface area contributed by atoms with Crippen molar-refractivity contribution in [3.63, 3.8) is 0 Å². The Morgan fingerprint density at radius 1 is 1.65 bits per heavy atom. The van der Waals surface area contributed by atoms with Gasteiger partial charge in [-0.1, -0.05) is 5.16 Å². The molecule has 0 amide bonds. The number of hydrogen-bond donors (Lipinski definition) is 3. The number of aryl methyl sites for hydroxylation is 1. The van der Waals surface area contributed by atoms with Gasteiger partial charge in [0.15, 0.2) is 0 Å². The van der Waals surface area contributed by atoms with Crippen LogP contribution in [-0.4, -0.2) is 22.6 Å². The van der Waals surface area contributed by atoms with E-state index in [9.17, 15) is 0 Å². The van der Waals surface area contributed by atoms with Crippen LogP contribution in [0.4, 0.5) is 0 Å². The van der Waals surface area contributed by atoms with Gasteiger partial charge >= 0.3 is 0 Å². The van der Waals surface area contributed by atoms with Gasteiger partial charge in [0.2, 0.25) is 0 Å². The number of unbranched alkanes of at least 4 members (excludes halogenated alkanes) is 1. The monoisotopic (exact) mass is 256 g/mol. The molecule has 6 heteroatoms. The third kappa shape index (κ3) is 5.14. The van der Waals surface area contributed by atoms with E-state index in [1.54, 1.807) is 11.3 Å². The molecule has 0 saturated carbocycles. The zero-order chi connectivity index (χ0) is 12.7. The van der Waals surface area contributed by atoms with E-state index in [1.165, 1.54) is 0 Å². The lowest BCUT2D eigenvalue weighted by molar-refractivity contribution is 0.316. The van der Waals surface area contributed by atoms with Crippen LogP contribution < -0.4 is 11.1 Å². The van der Waals surface area contributed by atoms with E-state index in [4.69, 9.17) is 10.9 Å². The van der Waals surface area contributed by atoms with Crippen molar-refractivity contribution in [2.75, 3.05) is 6.54 Å². The highest BCUT2D eigenvalue weighted by Gasteiger charge is 2.07. The lowest BCUT2D eigenvalue weighted by Crippen LogP contribution is -2.20. The van der Waals surface area contributed by atoms with Crippen molar-refractivity contribution in [3.8, 4) is 0 Å². The lowest BCUT2D eigenvalue weighted by Gasteiger charge is -2.10. The van der Waals surface area contributed by atoms with Gasteiger partial charge in [0, 0.05) is 17.5 Å². The molecule has 1 aromatic heterocycles. The van der Waals surface area contributed by atoms with Crippen LogP contribution in [0.15, 0.2) is 10.5 Å². The number of amidine groups is 1. The largest absolute Gasteiger partial charge is 0.409 e. The number of aromatic nitrogens is 1. The summed E-state index contributed by atoms with van der Waals surface area (Å²) in [4.78, 5) is 4.43. The summed E-state index contributed by atoms with van der Waals surface area (Å²) in [5.41, 5.74) is 6.45. The van der Waals surface area contributed by atoms with Crippen molar-refractivity contribution in [2.24, 2.45) is 10.9 Å². The van der Waals surface area contributed by atoms with E-state index < -0.39 is 0 Å². The molecule has 1 atom stereocenters.